The molecule has 2 heterocycles. The third kappa shape index (κ3) is 10.4. The third-order valence-electron chi connectivity index (χ3n) is 9.30. The van der Waals surface area contributed by atoms with Crippen molar-refractivity contribution in [3.63, 3.8) is 0 Å². The maximum absolute atomic E-state index is 12.4. The lowest BCUT2D eigenvalue weighted by molar-refractivity contribution is -0.253. The Labute approximate surface area is 285 Å². The molecule has 48 heavy (non-hydrogen) atoms. The fourth-order valence-corrected chi connectivity index (χ4v) is 6.65. The number of aliphatic hydroxyl groups is 1. The van der Waals surface area contributed by atoms with Crippen LogP contribution in [0.1, 0.15) is 86.5 Å². The van der Waals surface area contributed by atoms with E-state index in [-0.39, 0.29) is 30.6 Å². The average molecular weight is 658 g/mol. The number of hydrogen-bond donors (Lipinski definition) is 3. The van der Waals surface area contributed by atoms with E-state index in [2.05, 4.69) is 51.9 Å². The van der Waals surface area contributed by atoms with Gasteiger partial charge in [-0.15, -0.1) is 0 Å². The van der Waals surface area contributed by atoms with Crippen LogP contribution >= 0.6 is 0 Å². The predicted molar refractivity (Wildman–Crippen MR) is 186 cm³/mol. The quantitative estimate of drug-likeness (QED) is 0.167. The Morgan fingerprint density at radius 3 is 2.46 bits per heavy atom. The van der Waals surface area contributed by atoms with Crippen LogP contribution in [0.2, 0.25) is 0 Å². The van der Waals surface area contributed by atoms with Gasteiger partial charge in [0, 0.05) is 58.1 Å². The lowest BCUT2D eigenvalue weighted by Gasteiger charge is -2.38. The molecule has 4 atom stereocenters. The zero-order valence-corrected chi connectivity index (χ0v) is 28.4. The summed E-state index contributed by atoms with van der Waals surface area (Å²) in [7, 11) is 1.77. The van der Waals surface area contributed by atoms with Gasteiger partial charge in [0.15, 0.2) is 6.29 Å². The third-order valence-corrected chi connectivity index (χ3v) is 9.30. The van der Waals surface area contributed by atoms with Gasteiger partial charge in [-0.1, -0.05) is 73.2 Å². The molecular weight excluding hydrogens is 606 g/mol. The van der Waals surface area contributed by atoms with E-state index in [0.717, 1.165) is 85.2 Å². The van der Waals surface area contributed by atoms with Gasteiger partial charge in [-0.2, -0.15) is 0 Å². The summed E-state index contributed by atoms with van der Waals surface area (Å²) in [4.78, 5) is 25.8. The van der Waals surface area contributed by atoms with Crippen molar-refractivity contribution in [2.75, 3.05) is 33.4 Å². The molecule has 258 valence electrons. The summed E-state index contributed by atoms with van der Waals surface area (Å²) < 4.78 is 18.7. The molecule has 0 radical (unpaired) electrons. The number of nitrogens with one attached hydrogen (secondary N) is 2. The van der Waals surface area contributed by atoms with Crippen molar-refractivity contribution in [3.05, 3.63) is 95.1 Å². The smallest absolute Gasteiger partial charge is 0.220 e. The summed E-state index contributed by atoms with van der Waals surface area (Å²) >= 11 is 0. The summed E-state index contributed by atoms with van der Waals surface area (Å²) in [5, 5.41) is 15.4. The summed E-state index contributed by atoms with van der Waals surface area (Å²) in [6.07, 6.45) is 5.50. The van der Waals surface area contributed by atoms with Gasteiger partial charge in [0.25, 0.3) is 0 Å². The predicted octanol–water partition coefficient (Wildman–Crippen LogP) is 5.81. The first-order valence-electron chi connectivity index (χ1n) is 17.4. The highest BCUT2D eigenvalue weighted by Gasteiger charge is 2.35. The van der Waals surface area contributed by atoms with Crippen LogP contribution in [0.15, 0.2) is 72.8 Å². The molecule has 0 bridgehead atoms. The van der Waals surface area contributed by atoms with Gasteiger partial charge in [0.1, 0.15) is 0 Å². The second-order valence-electron chi connectivity index (χ2n) is 13.0. The maximum atomic E-state index is 12.4. The normalized spacial score (nSPS) is 21.2. The molecule has 2 fully saturated rings. The molecule has 0 unspecified atom stereocenters. The topological polar surface area (TPSA) is 109 Å². The largest absolute Gasteiger partial charge is 0.392 e. The highest BCUT2D eigenvalue weighted by molar-refractivity contribution is 5.76. The Bertz CT molecular complexity index is 1450. The van der Waals surface area contributed by atoms with Gasteiger partial charge in [0.2, 0.25) is 11.8 Å². The van der Waals surface area contributed by atoms with Crippen LogP contribution in [0, 0.1) is 0 Å². The zero-order chi connectivity index (χ0) is 33.7. The maximum Gasteiger partial charge on any atom is 0.220 e. The van der Waals surface area contributed by atoms with Crippen LogP contribution in [0.25, 0.3) is 11.1 Å². The van der Waals surface area contributed by atoms with Crippen molar-refractivity contribution in [1.29, 1.82) is 0 Å². The summed E-state index contributed by atoms with van der Waals surface area (Å²) in [5.41, 5.74) is 6.13. The number of rotatable bonds is 16. The molecule has 2 aliphatic heterocycles. The number of unbranched alkanes of at least 4 members (excludes halogenated alkanes) is 2. The van der Waals surface area contributed by atoms with E-state index in [0.29, 0.717) is 25.6 Å². The fraction of sp³-hybridized carbons (Fsp3) is 0.487. The molecule has 0 aromatic heterocycles. The minimum Gasteiger partial charge on any atom is -0.392 e. The number of carbonyl (C=O) groups excluding carboxylic acids is 2. The molecule has 2 aliphatic rings. The number of aliphatic hydroxyl groups excluding tert-OH is 1. The molecule has 2 amide bonds. The number of ether oxygens (including phenoxy) is 3. The lowest BCUT2D eigenvalue weighted by Crippen LogP contribution is -2.42. The molecule has 2 saturated heterocycles. The van der Waals surface area contributed by atoms with Crippen LogP contribution in [-0.4, -0.2) is 67.3 Å². The van der Waals surface area contributed by atoms with E-state index in [1.165, 1.54) is 13.3 Å². The molecule has 9 nitrogen and oxygen atoms in total. The van der Waals surface area contributed by atoms with Gasteiger partial charge in [0.05, 0.1) is 25.4 Å². The summed E-state index contributed by atoms with van der Waals surface area (Å²) in [5.74, 6) is 0.0178. The fourth-order valence-electron chi connectivity index (χ4n) is 6.65. The molecule has 3 N–H and O–H groups in total. The minimum absolute atomic E-state index is 0.000897. The molecular formula is C39H51N3O6. The van der Waals surface area contributed by atoms with Crippen LogP contribution in [0.3, 0.4) is 0 Å². The molecule has 0 saturated carbocycles. The molecule has 3 aromatic rings. The second kappa shape index (κ2) is 18.2. The first-order valence-corrected chi connectivity index (χ1v) is 17.4. The van der Waals surface area contributed by atoms with Crippen molar-refractivity contribution >= 4 is 11.8 Å². The van der Waals surface area contributed by atoms with Crippen molar-refractivity contribution in [2.45, 2.75) is 89.6 Å². The zero-order valence-electron chi connectivity index (χ0n) is 28.4. The number of nitrogens with zero attached hydrogens (tertiary/aromatic N) is 1. The van der Waals surface area contributed by atoms with E-state index < -0.39 is 6.29 Å². The number of likely N-dealkylation sites (tertiary alicyclic amines) is 1. The van der Waals surface area contributed by atoms with E-state index in [1.807, 2.05) is 36.4 Å². The molecule has 0 spiro atoms. The van der Waals surface area contributed by atoms with Crippen LogP contribution in [-0.2, 0) is 37.0 Å². The lowest BCUT2D eigenvalue weighted by atomic mass is 9.98. The van der Waals surface area contributed by atoms with E-state index in [1.54, 1.807) is 7.11 Å². The number of benzene rings is 3. The minimum atomic E-state index is -0.504. The Morgan fingerprint density at radius 2 is 1.71 bits per heavy atom. The van der Waals surface area contributed by atoms with Gasteiger partial charge in [-0.05, 0) is 66.1 Å². The Kier molecular flexibility index (Phi) is 13.6. The standard InChI is InChI=1S/C39H51N3O6/c1-28(44)40-20-5-3-4-11-38(45)41-24-30-8-6-9-34(22-30)31-16-18-33(19-17-31)39-47-36(25-42-21-7-10-35(42)27-46-2)23-37(48-39)32-14-12-29(26-43)13-15-32/h6,8-9,12-19,22,35-37,39,43H,3-5,7,10-11,20-21,23-27H2,1-2H3,(H,40,44)(H,41,45)/t35-,36+,37-,39-/m0/s1. The number of amides is 2. The number of carbonyl (C=O) groups is 2. The summed E-state index contributed by atoms with van der Waals surface area (Å²) in [6, 6.07) is 25.0. The highest BCUT2D eigenvalue weighted by Crippen LogP contribution is 2.39. The number of methoxy groups -OCH3 is 1. The van der Waals surface area contributed by atoms with Crippen LogP contribution in [0.5, 0.6) is 0 Å². The Hall–Kier alpha value is -3.60. The monoisotopic (exact) mass is 657 g/mol. The summed E-state index contributed by atoms with van der Waals surface area (Å²) in [6.45, 7) is 5.28. The molecule has 5 rings (SSSR count). The SMILES string of the molecule is COC[C@@H]1CCCN1C[C@H]1C[C@@H](c2ccc(CO)cc2)O[C@@H](c2ccc(-c3cccc(CNC(=O)CCCCCNC(C)=O)c3)cc2)O1. The Morgan fingerprint density at radius 1 is 0.917 bits per heavy atom. The van der Waals surface area contributed by atoms with E-state index in [9.17, 15) is 14.7 Å². The average Bonchev–Trinajstić information content (AvgIpc) is 3.55. The molecule has 9 heteroatoms. The van der Waals surface area contributed by atoms with Gasteiger partial charge in [-0.3, -0.25) is 14.5 Å². The van der Waals surface area contributed by atoms with Crippen LogP contribution in [0.4, 0.5) is 0 Å². The first kappa shape index (κ1) is 35.7. The van der Waals surface area contributed by atoms with E-state index >= 15 is 0 Å². The van der Waals surface area contributed by atoms with Crippen LogP contribution < -0.4 is 10.6 Å². The van der Waals surface area contributed by atoms with Crippen molar-refractivity contribution in [2.24, 2.45) is 0 Å². The van der Waals surface area contributed by atoms with Crippen molar-refractivity contribution in [3.8, 4) is 11.1 Å². The van der Waals surface area contributed by atoms with Gasteiger partial charge >= 0.3 is 0 Å². The van der Waals surface area contributed by atoms with Gasteiger partial charge in [-0.25, -0.2) is 0 Å². The van der Waals surface area contributed by atoms with Crippen molar-refractivity contribution in [1.82, 2.24) is 15.5 Å². The first-order chi connectivity index (χ1) is 23.4. The second-order valence-corrected chi connectivity index (χ2v) is 13.0. The number of hydrogen-bond acceptors (Lipinski definition) is 7. The molecule has 3 aromatic carbocycles. The van der Waals surface area contributed by atoms with Gasteiger partial charge < -0.3 is 30.0 Å². The molecule has 0 aliphatic carbocycles. The Balaban J connectivity index is 1.20. The van der Waals surface area contributed by atoms with Crippen molar-refractivity contribution < 1.29 is 28.9 Å². The van der Waals surface area contributed by atoms with E-state index in [4.69, 9.17) is 14.2 Å². The highest BCUT2D eigenvalue weighted by atomic mass is 16.7.